The molecule has 8 nitrogen and oxygen atoms in total. The van der Waals surface area contributed by atoms with Gasteiger partial charge in [0.2, 0.25) is 5.95 Å². The third-order valence-electron chi connectivity index (χ3n) is 7.26. The third-order valence-corrected chi connectivity index (χ3v) is 7.26. The normalized spacial score (nSPS) is 14.6. The van der Waals surface area contributed by atoms with Crippen molar-refractivity contribution in [1.82, 2.24) is 24.0 Å². The van der Waals surface area contributed by atoms with Gasteiger partial charge in [-0.3, -0.25) is 23.8 Å². The van der Waals surface area contributed by atoms with Crippen molar-refractivity contribution in [3.63, 3.8) is 0 Å². The Morgan fingerprint density at radius 1 is 0.972 bits per heavy atom. The Labute approximate surface area is 210 Å². The minimum Gasteiger partial charge on any atom is -0.340 e. The molecule has 0 spiro atoms. The molecule has 0 saturated carbocycles. The molecule has 2 aromatic carbocycles. The maximum absolute atomic E-state index is 12.9. The van der Waals surface area contributed by atoms with Crippen molar-refractivity contribution in [2.24, 2.45) is 7.05 Å². The Balaban J connectivity index is 1.39. The molecule has 1 aliphatic heterocycles. The van der Waals surface area contributed by atoms with Crippen LogP contribution >= 0.6 is 0 Å². The van der Waals surface area contributed by atoms with Gasteiger partial charge in [0, 0.05) is 33.2 Å². The van der Waals surface area contributed by atoms with Crippen LogP contribution in [0, 0.1) is 13.8 Å². The average Bonchev–Trinajstić information content (AvgIpc) is 3.26. The summed E-state index contributed by atoms with van der Waals surface area (Å²) in [7, 11) is 1.66. The topological polar surface area (TPSA) is 79.2 Å². The summed E-state index contributed by atoms with van der Waals surface area (Å²) in [5, 5.41) is 0. The van der Waals surface area contributed by atoms with Crippen LogP contribution in [-0.2, 0) is 20.0 Å². The van der Waals surface area contributed by atoms with E-state index in [1.807, 2.05) is 4.57 Å². The molecule has 1 fully saturated rings. The highest BCUT2D eigenvalue weighted by molar-refractivity contribution is 5.74. The average molecular weight is 487 g/mol. The van der Waals surface area contributed by atoms with Crippen LogP contribution in [0.4, 0.5) is 5.95 Å². The Morgan fingerprint density at radius 2 is 1.72 bits per heavy atom. The number of nitrogens with one attached hydrogen (secondary N) is 1. The van der Waals surface area contributed by atoms with E-state index in [4.69, 9.17) is 4.98 Å². The van der Waals surface area contributed by atoms with Gasteiger partial charge in [-0.05, 0) is 49.9 Å². The fourth-order valence-electron chi connectivity index (χ4n) is 5.08. The van der Waals surface area contributed by atoms with Crippen molar-refractivity contribution in [2.45, 2.75) is 33.2 Å². The SMILES string of the molecule is Cc1ccc(C)c(Cn2c(N3CCN(CCCc4ccccc4)CC3)nc3c2c(=O)[nH]c(=O)n3C)c1. The first-order chi connectivity index (χ1) is 17.4. The molecule has 1 aliphatic rings. The number of rotatable bonds is 7. The van der Waals surface area contributed by atoms with Crippen LogP contribution in [0.3, 0.4) is 0 Å². The first-order valence-corrected chi connectivity index (χ1v) is 12.7. The zero-order valence-electron chi connectivity index (χ0n) is 21.3. The lowest BCUT2D eigenvalue weighted by Gasteiger charge is -2.35. The van der Waals surface area contributed by atoms with Crippen molar-refractivity contribution in [1.29, 1.82) is 0 Å². The number of anilines is 1. The van der Waals surface area contributed by atoms with Gasteiger partial charge in [0.15, 0.2) is 11.2 Å². The van der Waals surface area contributed by atoms with Gasteiger partial charge < -0.3 is 4.90 Å². The van der Waals surface area contributed by atoms with E-state index in [2.05, 4.69) is 77.2 Å². The molecule has 36 heavy (non-hydrogen) atoms. The quantitative estimate of drug-likeness (QED) is 0.435. The minimum absolute atomic E-state index is 0.392. The van der Waals surface area contributed by atoms with Crippen LogP contribution in [0.2, 0.25) is 0 Å². The number of H-pyrrole nitrogens is 1. The first kappa shape index (κ1) is 24.1. The summed E-state index contributed by atoms with van der Waals surface area (Å²) in [6.45, 7) is 9.28. The molecule has 4 aromatic rings. The summed E-state index contributed by atoms with van der Waals surface area (Å²) in [4.78, 5) is 37.3. The van der Waals surface area contributed by atoms with E-state index in [9.17, 15) is 9.59 Å². The summed E-state index contributed by atoms with van der Waals surface area (Å²) >= 11 is 0. The molecular weight excluding hydrogens is 452 g/mol. The molecular formula is C28H34N6O2. The van der Waals surface area contributed by atoms with Crippen LogP contribution in [0.5, 0.6) is 0 Å². The number of hydrogen-bond donors (Lipinski definition) is 1. The van der Waals surface area contributed by atoms with Crippen molar-refractivity contribution >= 4 is 17.1 Å². The molecule has 1 saturated heterocycles. The van der Waals surface area contributed by atoms with Gasteiger partial charge in [0.1, 0.15) is 0 Å². The second-order valence-corrected chi connectivity index (χ2v) is 9.84. The molecule has 8 heteroatoms. The lowest BCUT2D eigenvalue weighted by Crippen LogP contribution is -2.47. The third kappa shape index (κ3) is 4.86. The molecule has 0 radical (unpaired) electrons. The second kappa shape index (κ2) is 10.1. The summed E-state index contributed by atoms with van der Waals surface area (Å²) in [6.07, 6.45) is 2.22. The number of aromatic amines is 1. The van der Waals surface area contributed by atoms with Crippen molar-refractivity contribution in [3.05, 3.63) is 91.6 Å². The Kier molecular flexibility index (Phi) is 6.78. The smallest absolute Gasteiger partial charge is 0.329 e. The Hall–Kier alpha value is -3.65. The Bertz CT molecular complexity index is 1480. The van der Waals surface area contributed by atoms with E-state index < -0.39 is 11.2 Å². The maximum Gasteiger partial charge on any atom is 0.329 e. The van der Waals surface area contributed by atoms with Gasteiger partial charge in [-0.25, -0.2) is 4.79 Å². The Morgan fingerprint density at radius 3 is 2.47 bits per heavy atom. The number of imidazole rings is 1. The van der Waals surface area contributed by atoms with Gasteiger partial charge >= 0.3 is 5.69 Å². The molecule has 0 aliphatic carbocycles. The van der Waals surface area contributed by atoms with E-state index in [1.54, 1.807) is 7.05 Å². The predicted molar refractivity (Wildman–Crippen MR) is 144 cm³/mol. The van der Waals surface area contributed by atoms with Gasteiger partial charge in [-0.1, -0.05) is 54.1 Å². The molecule has 5 rings (SSSR count). The molecule has 0 atom stereocenters. The van der Waals surface area contributed by atoms with E-state index in [0.717, 1.165) is 62.6 Å². The lowest BCUT2D eigenvalue weighted by atomic mass is 10.1. The highest BCUT2D eigenvalue weighted by Crippen LogP contribution is 2.24. The predicted octanol–water partition coefficient (Wildman–Crippen LogP) is 2.84. The van der Waals surface area contributed by atoms with Crippen LogP contribution in [-0.4, -0.2) is 56.7 Å². The van der Waals surface area contributed by atoms with Gasteiger partial charge in [-0.2, -0.15) is 4.98 Å². The second-order valence-electron chi connectivity index (χ2n) is 9.84. The zero-order valence-corrected chi connectivity index (χ0v) is 21.3. The van der Waals surface area contributed by atoms with Gasteiger partial charge in [0.25, 0.3) is 5.56 Å². The lowest BCUT2D eigenvalue weighted by molar-refractivity contribution is 0.253. The highest BCUT2D eigenvalue weighted by atomic mass is 16.2. The summed E-state index contributed by atoms with van der Waals surface area (Å²) in [6, 6.07) is 17.0. The molecule has 0 amide bonds. The number of nitrogens with zero attached hydrogens (tertiary/aromatic N) is 5. The van der Waals surface area contributed by atoms with E-state index in [0.29, 0.717) is 17.7 Å². The maximum atomic E-state index is 12.9. The molecule has 3 heterocycles. The fraction of sp³-hybridized carbons (Fsp3) is 0.393. The fourth-order valence-corrected chi connectivity index (χ4v) is 5.08. The monoisotopic (exact) mass is 486 g/mol. The zero-order chi connectivity index (χ0) is 25.2. The van der Waals surface area contributed by atoms with Crippen LogP contribution in [0.15, 0.2) is 58.1 Å². The number of benzene rings is 2. The minimum atomic E-state index is -0.446. The van der Waals surface area contributed by atoms with Gasteiger partial charge in [0.05, 0.1) is 6.54 Å². The molecule has 1 N–H and O–H groups in total. The van der Waals surface area contributed by atoms with Crippen molar-refractivity contribution in [3.8, 4) is 0 Å². The van der Waals surface area contributed by atoms with E-state index in [-0.39, 0.29) is 0 Å². The number of aryl methyl sites for hydroxylation is 4. The van der Waals surface area contributed by atoms with Crippen molar-refractivity contribution in [2.75, 3.05) is 37.6 Å². The standard InChI is InChI=1S/C28H34N6O2/c1-20-11-12-21(2)23(18-20)19-34-24-25(31(3)28(36)30-26(24)35)29-27(34)33-16-14-32(15-17-33)13-7-10-22-8-5-4-6-9-22/h4-6,8-9,11-12,18H,7,10,13-17,19H2,1-3H3,(H,30,35,36). The van der Waals surface area contributed by atoms with Gasteiger partial charge in [-0.15, -0.1) is 0 Å². The molecule has 2 aromatic heterocycles. The molecule has 188 valence electrons. The largest absolute Gasteiger partial charge is 0.340 e. The first-order valence-electron chi connectivity index (χ1n) is 12.7. The van der Waals surface area contributed by atoms with E-state index >= 15 is 0 Å². The summed E-state index contributed by atoms with van der Waals surface area (Å²) < 4.78 is 3.42. The molecule has 0 unspecified atom stereocenters. The summed E-state index contributed by atoms with van der Waals surface area (Å²) in [5.74, 6) is 0.751. The van der Waals surface area contributed by atoms with Crippen LogP contribution in [0.25, 0.3) is 11.2 Å². The number of piperazine rings is 1. The summed E-state index contributed by atoms with van der Waals surface area (Å²) in [5.41, 5.74) is 4.89. The number of hydrogen-bond acceptors (Lipinski definition) is 5. The van der Waals surface area contributed by atoms with Crippen LogP contribution in [0.1, 0.15) is 28.7 Å². The molecule has 0 bridgehead atoms. The highest BCUT2D eigenvalue weighted by Gasteiger charge is 2.25. The van der Waals surface area contributed by atoms with Crippen molar-refractivity contribution < 1.29 is 0 Å². The van der Waals surface area contributed by atoms with Crippen LogP contribution < -0.4 is 16.1 Å². The van der Waals surface area contributed by atoms with E-state index in [1.165, 1.54) is 15.7 Å². The number of aromatic nitrogens is 4. The number of fused-ring (bicyclic) bond motifs is 1.